The van der Waals surface area contributed by atoms with Gasteiger partial charge < -0.3 is 19.0 Å². The Bertz CT molecular complexity index is 947. The molecule has 150 valence electrons. The van der Waals surface area contributed by atoms with Gasteiger partial charge in [0.15, 0.2) is 6.61 Å². The van der Waals surface area contributed by atoms with Crippen LogP contribution in [0.2, 0.25) is 0 Å². The molecule has 7 heteroatoms. The van der Waals surface area contributed by atoms with Gasteiger partial charge in [-0.2, -0.15) is 0 Å². The number of carbonyl (C=O) groups is 3. The van der Waals surface area contributed by atoms with Crippen LogP contribution in [0.15, 0.2) is 6.07 Å². The van der Waals surface area contributed by atoms with Crippen molar-refractivity contribution in [2.24, 2.45) is 0 Å². The van der Waals surface area contributed by atoms with E-state index in [0.717, 1.165) is 24.2 Å². The number of aromatic amines is 1. The number of esters is 2. The lowest BCUT2D eigenvalue weighted by atomic mass is 10.1. The highest BCUT2D eigenvalue weighted by Gasteiger charge is 2.29. The second-order valence-electron chi connectivity index (χ2n) is 7.23. The van der Waals surface area contributed by atoms with Gasteiger partial charge in [-0.05, 0) is 59.1 Å². The predicted octanol–water partition coefficient (Wildman–Crippen LogP) is 3.60. The van der Waals surface area contributed by atoms with Crippen LogP contribution in [-0.4, -0.2) is 40.5 Å². The number of ether oxygens (including phenoxy) is 2. The second kappa shape index (κ2) is 7.66. The zero-order valence-electron chi connectivity index (χ0n) is 17.0. The Balaban J connectivity index is 1.72. The van der Waals surface area contributed by atoms with Crippen molar-refractivity contribution in [1.29, 1.82) is 0 Å². The van der Waals surface area contributed by atoms with E-state index in [4.69, 9.17) is 9.47 Å². The zero-order valence-corrected chi connectivity index (χ0v) is 17.0. The second-order valence-corrected chi connectivity index (χ2v) is 7.23. The third kappa shape index (κ3) is 3.61. The van der Waals surface area contributed by atoms with Crippen molar-refractivity contribution in [3.05, 3.63) is 45.5 Å². The highest BCUT2D eigenvalue weighted by atomic mass is 16.5. The summed E-state index contributed by atoms with van der Waals surface area (Å²) in [6.45, 7) is 8.85. The first-order chi connectivity index (χ1) is 13.3. The molecule has 0 saturated heterocycles. The molecular weight excluding hydrogens is 360 g/mol. The van der Waals surface area contributed by atoms with Crippen LogP contribution in [0, 0.1) is 27.7 Å². The summed E-state index contributed by atoms with van der Waals surface area (Å²) in [5.41, 5.74) is 4.01. The van der Waals surface area contributed by atoms with Gasteiger partial charge in [-0.15, -0.1) is 0 Å². The summed E-state index contributed by atoms with van der Waals surface area (Å²) < 4.78 is 12.4. The minimum absolute atomic E-state index is 0.227. The van der Waals surface area contributed by atoms with Gasteiger partial charge in [-0.1, -0.05) is 0 Å². The molecule has 1 aliphatic carbocycles. The van der Waals surface area contributed by atoms with Crippen LogP contribution in [0.1, 0.15) is 79.7 Å². The minimum Gasteiger partial charge on any atom is -0.461 e. The van der Waals surface area contributed by atoms with Crippen molar-refractivity contribution in [2.45, 2.75) is 53.5 Å². The number of ketones is 1. The Kier molecular flexibility index (Phi) is 5.45. The maximum atomic E-state index is 12.6. The summed E-state index contributed by atoms with van der Waals surface area (Å²) in [5, 5.41) is 0. The van der Waals surface area contributed by atoms with Gasteiger partial charge in [-0.25, -0.2) is 9.59 Å². The molecule has 0 radical (unpaired) electrons. The normalized spacial score (nSPS) is 13.5. The number of H-pyrrole nitrogens is 1. The van der Waals surface area contributed by atoms with Crippen molar-refractivity contribution in [1.82, 2.24) is 9.55 Å². The molecule has 1 fully saturated rings. The molecule has 0 aromatic carbocycles. The molecule has 0 atom stereocenters. The Morgan fingerprint density at radius 2 is 1.79 bits per heavy atom. The van der Waals surface area contributed by atoms with Gasteiger partial charge in [0.1, 0.15) is 5.69 Å². The lowest BCUT2D eigenvalue weighted by Gasteiger charge is -2.08. The first kappa shape index (κ1) is 19.9. The van der Waals surface area contributed by atoms with Gasteiger partial charge in [0.05, 0.1) is 12.2 Å². The van der Waals surface area contributed by atoms with E-state index in [1.165, 1.54) is 0 Å². The number of carbonyl (C=O) groups excluding carboxylic acids is 3. The number of Topliss-reactive ketones (excluding diaryl/α,β-unsaturated/α-hetero) is 1. The molecule has 3 rings (SSSR count). The average Bonchev–Trinajstić information content (AvgIpc) is 3.36. The Labute approximate surface area is 164 Å². The van der Waals surface area contributed by atoms with Crippen LogP contribution in [-0.2, 0) is 9.47 Å². The molecule has 0 spiro atoms. The molecule has 2 aromatic rings. The van der Waals surface area contributed by atoms with Crippen molar-refractivity contribution in [3.63, 3.8) is 0 Å². The molecule has 2 heterocycles. The molecule has 28 heavy (non-hydrogen) atoms. The Hall–Kier alpha value is -2.83. The molecule has 0 bridgehead atoms. The largest absolute Gasteiger partial charge is 0.461 e. The number of hydrogen-bond donors (Lipinski definition) is 1. The standard InChI is InChI=1S/C21H26N2O5/c1-6-27-21(26)19-12(3)18(13(4)22-19)20(25)28-10-17(24)16-9-11(2)23(14(16)5)15-7-8-15/h9,15,22H,6-8,10H2,1-5H3. The summed E-state index contributed by atoms with van der Waals surface area (Å²) in [5.74, 6) is -1.39. The molecule has 0 unspecified atom stereocenters. The van der Waals surface area contributed by atoms with Gasteiger partial charge in [0.2, 0.25) is 5.78 Å². The van der Waals surface area contributed by atoms with E-state index < -0.39 is 11.9 Å². The predicted molar refractivity (Wildman–Crippen MR) is 103 cm³/mol. The highest BCUT2D eigenvalue weighted by Crippen LogP contribution is 2.38. The lowest BCUT2D eigenvalue weighted by molar-refractivity contribution is 0.0473. The number of nitrogens with zero attached hydrogens (tertiary/aromatic N) is 1. The maximum Gasteiger partial charge on any atom is 0.355 e. The fourth-order valence-corrected chi connectivity index (χ4v) is 3.70. The van der Waals surface area contributed by atoms with Crippen LogP contribution in [0.5, 0.6) is 0 Å². The van der Waals surface area contributed by atoms with Gasteiger partial charge in [0, 0.05) is 28.7 Å². The molecule has 0 aliphatic heterocycles. The first-order valence-corrected chi connectivity index (χ1v) is 9.51. The topological polar surface area (TPSA) is 90.4 Å². The van der Waals surface area contributed by atoms with Gasteiger partial charge in [0.25, 0.3) is 0 Å². The SMILES string of the molecule is CCOC(=O)c1[nH]c(C)c(C(=O)OCC(=O)c2cc(C)n(C3CC3)c2C)c1C. The van der Waals surface area contributed by atoms with Crippen molar-refractivity contribution in [2.75, 3.05) is 13.2 Å². The van der Waals surface area contributed by atoms with E-state index in [1.807, 2.05) is 19.9 Å². The summed E-state index contributed by atoms with van der Waals surface area (Å²) in [6, 6.07) is 2.34. The first-order valence-electron chi connectivity index (χ1n) is 9.51. The van der Waals surface area contributed by atoms with E-state index in [2.05, 4.69) is 9.55 Å². The van der Waals surface area contributed by atoms with Crippen molar-refractivity contribution in [3.8, 4) is 0 Å². The van der Waals surface area contributed by atoms with Crippen molar-refractivity contribution < 1.29 is 23.9 Å². The van der Waals surface area contributed by atoms with E-state index in [-0.39, 0.29) is 30.3 Å². The fourth-order valence-electron chi connectivity index (χ4n) is 3.70. The van der Waals surface area contributed by atoms with E-state index >= 15 is 0 Å². The van der Waals surface area contributed by atoms with E-state index in [1.54, 1.807) is 20.8 Å². The van der Waals surface area contributed by atoms with Crippen LogP contribution in [0.3, 0.4) is 0 Å². The molecule has 0 amide bonds. The number of aromatic nitrogens is 2. The van der Waals surface area contributed by atoms with Crippen LogP contribution < -0.4 is 0 Å². The number of rotatable bonds is 7. The Morgan fingerprint density at radius 3 is 2.39 bits per heavy atom. The fraction of sp³-hybridized carbons (Fsp3) is 0.476. The quantitative estimate of drug-likeness (QED) is 0.580. The maximum absolute atomic E-state index is 12.6. The van der Waals surface area contributed by atoms with E-state index in [0.29, 0.717) is 22.9 Å². The summed E-state index contributed by atoms with van der Waals surface area (Å²) in [7, 11) is 0. The molecule has 2 aromatic heterocycles. The van der Waals surface area contributed by atoms with Gasteiger partial charge in [-0.3, -0.25) is 4.79 Å². The van der Waals surface area contributed by atoms with Crippen molar-refractivity contribution >= 4 is 17.7 Å². The molecule has 7 nitrogen and oxygen atoms in total. The summed E-state index contributed by atoms with van der Waals surface area (Å²) in [4.78, 5) is 40.0. The minimum atomic E-state index is -0.633. The number of aryl methyl sites for hydroxylation is 2. The lowest BCUT2D eigenvalue weighted by Crippen LogP contribution is -2.16. The molecule has 1 aliphatic rings. The highest BCUT2D eigenvalue weighted by molar-refractivity contribution is 6.02. The molecule has 1 saturated carbocycles. The smallest absolute Gasteiger partial charge is 0.355 e. The van der Waals surface area contributed by atoms with Crippen LogP contribution in [0.4, 0.5) is 0 Å². The summed E-state index contributed by atoms with van der Waals surface area (Å²) in [6.07, 6.45) is 2.27. The monoisotopic (exact) mass is 386 g/mol. The third-order valence-corrected chi connectivity index (χ3v) is 5.15. The van der Waals surface area contributed by atoms with Crippen LogP contribution >= 0.6 is 0 Å². The molecule has 1 N–H and O–H groups in total. The van der Waals surface area contributed by atoms with Crippen LogP contribution in [0.25, 0.3) is 0 Å². The van der Waals surface area contributed by atoms with Gasteiger partial charge >= 0.3 is 11.9 Å². The van der Waals surface area contributed by atoms with E-state index in [9.17, 15) is 14.4 Å². The molecular formula is C21H26N2O5. The Morgan fingerprint density at radius 1 is 1.11 bits per heavy atom. The number of nitrogens with one attached hydrogen (secondary N) is 1. The average molecular weight is 386 g/mol. The number of hydrogen-bond acceptors (Lipinski definition) is 5. The third-order valence-electron chi connectivity index (χ3n) is 5.15. The summed E-state index contributed by atoms with van der Waals surface area (Å²) >= 11 is 0. The zero-order chi connectivity index (χ0) is 20.6.